The van der Waals surface area contributed by atoms with Gasteiger partial charge >= 0.3 is 0 Å². The van der Waals surface area contributed by atoms with Gasteiger partial charge in [-0.3, -0.25) is 0 Å². The van der Waals surface area contributed by atoms with Crippen molar-refractivity contribution in [2.24, 2.45) is 4.99 Å². The van der Waals surface area contributed by atoms with Gasteiger partial charge in [0.1, 0.15) is 5.84 Å². The second kappa shape index (κ2) is 11.9. The Morgan fingerprint density at radius 1 is 0.620 bits per heavy atom. The average Bonchev–Trinajstić information content (AvgIpc) is 3.74. The molecule has 2 aliphatic rings. The van der Waals surface area contributed by atoms with E-state index in [9.17, 15) is 0 Å². The predicted molar refractivity (Wildman–Crippen MR) is 212 cm³/mol. The number of hydrogen-bond acceptors (Lipinski definition) is 3. The van der Waals surface area contributed by atoms with Crippen molar-refractivity contribution >= 4 is 65.6 Å². The summed E-state index contributed by atoms with van der Waals surface area (Å²) in [5.41, 5.74) is 12.2. The summed E-state index contributed by atoms with van der Waals surface area (Å²) in [5, 5.41) is 7.76. The van der Waals surface area contributed by atoms with E-state index in [4.69, 9.17) is 4.99 Å². The highest BCUT2D eigenvalue weighted by atomic mass is 32.1. The number of fused-ring (bicyclic) bond motifs is 6. The summed E-state index contributed by atoms with van der Waals surface area (Å²) in [7, 11) is 0. The summed E-state index contributed by atoms with van der Waals surface area (Å²) in [6.07, 6.45) is 6.73. The van der Waals surface area contributed by atoms with Crippen molar-refractivity contribution in [2.75, 3.05) is 0 Å². The van der Waals surface area contributed by atoms with E-state index in [-0.39, 0.29) is 6.04 Å². The Balaban J connectivity index is 1.07. The molecule has 0 fully saturated rings. The number of aryl methyl sites for hydroxylation is 1. The number of aliphatic imine (C=N–C) groups is 1. The molecule has 3 nitrogen and oxygen atoms in total. The largest absolute Gasteiger partial charge is 0.359 e. The minimum Gasteiger partial charge on any atom is -0.359 e. The zero-order valence-electron chi connectivity index (χ0n) is 27.4. The number of allylic oxidation sites excluding steroid dienone is 1. The Labute approximate surface area is 295 Å². The van der Waals surface area contributed by atoms with Crippen LogP contribution in [0.1, 0.15) is 46.0 Å². The molecule has 3 heterocycles. The molecule has 0 amide bonds. The number of nitrogens with zero attached hydrogens (tertiary/aromatic N) is 2. The van der Waals surface area contributed by atoms with Crippen LogP contribution in [0.25, 0.3) is 54.1 Å². The lowest BCUT2D eigenvalue weighted by Gasteiger charge is -2.24. The van der Waals surface area contributed by atoms with Crippen molar-refractivity contribution in [3.05, 3.63) is 191 Å². The van der Waals surface area contributed by atoms with E-state index < -0.39 is 0 Å². The molecule has 8 aromatic rings. The minimum absolute atomic E-state index is 0.0212. The summed E-state index contributed by atoms with van der Waals surface area (Å²) in [6.45, 7) is 0. The number of para-hydroxylation sites is 1. The highest BCUT2D eigenvalue weighted by molar-refractivity contribution is 7.26. The lowest BCUT2D eigenvalue weighted by Crippen LogP contribution is -2.31. The van der Waals surface area contributed by atoms with Crippen molar-refractivity contribution < 1.29 is 0 Å². The monoisotopic (exact) mass is 659 g/mol. The molecule has 10 rings (SSSR count). The zero-order valence-corrected chi connectivity index (χ0v) is 28.2. The van der Waals surface area contributed by atoms with Crippen molar-refractivity contribution in [2.45, 2.75) is 18.9 Å². The number of amidine groups is 1. The standard InChI is InChI=1S/C46H33N3S/c1-3-12-30(13-4-1)40-29-41(31-14-5-2-6-15-31)48-46(47-40)32-22-25-34(26-23-32)49-42-20-9-7-16-36(42)37-27-24-33(28-43(37)49)35-18-11-19-39-38-17-8-10-21-44(38)50-45(35)39/h1-23,25-26,28-29,40H,24,27H2,(H,47,48). The second-order valence-corrected chi connectivity index (χ2v) is 14.2. The smallest absolute Gasteiger partial charge is 0.134 e. The maximum Gasteiger partial charge on any atom is 0.134 e. The van der Waals surface area contributed by atoms with Crippen LogP contribution in [-0.2, 0) is 6.42 Å². The summed E-state index contributed by atoms with van der Waals surface area (Å²) < 4.78 is 5.19. The van der Waals surface area contributed by atoms with Gasteiger partial charge in [-0.15, -0.1) is 11.3 Å². The Bertz CT molecular complexity index is 2660. The SMILES string of the molecule is C1=C(c2ccccc2)N=C(c2ccc(-n3c4c(c5ccccc53)CCC(c3cccc5c3sc3ccccc35)=C4)cc2)NC1c1ccccc1. The third kappa shape index (κ3) is 4.83. The first kappa shape index (κ1) is 29.0. The first-order chi connectivity index (χ1) is 24.8. The minimum atomic E-state index is 0.0212. The van der Waals surface area contributed by atoms with Crippen molar-refractivity contribution in [1.29, 1.82) is 0 Å². The van der Waals surface area contributed by atoms with E-state index in [0.717, 1.165) is 41.2 Å². The molecule has 1 atom stereocenters. The van der Waals surface area contributed by atoms with Crippen LogP contribution in [0, 0.1) is 0 Å². The van der Waals surface area contributed by atoms with E-state index in [2.05, 4.69) is 174 Å². The molecule has 4 heteroatoms. The van der Waals surface area contributed by atoms with Crippen molar-refractivity contribution in [3.8, 4) is 5.69 Å². The molecular formula is C46H33N3S. The van der Waals surface area contributed by atoms with E-state index in [1.807, 2.05) is 11.3 Å². The third-order valence-electron chi connectivity index (χ3n) is 10.2. The molecule has 1 unspecified atom stereocenters. The number of aromatic nitrogens is 1. The Morgan fingerprint density at radius 3 is 2.18 bits per heavy atom. The summed E-state index contributed by atoms with van der Waals surface area (Å²) >= 11 is 1.91. The highest BCUT2D eigenvalue weighted by Gasteiger charge is 2.24. The normalized spacial score (nSPS) is 15.8. The van der Waals surface area contributed by atoms with Crippen molar-refractivity contribution in [1.82, 2.24) is 9.88 Å². The second-order valence-electron chi connectivity index (χ2n) is 13.1. The molecular weight excluding hydrogens is 627 g/mol. The van der Waals surface area contributed by atoms with Crippen LogP contribution in [0.2, 0.25) is 0 Å². The number of thiophene rings is 1. The summed E-state index contributed by atoms with van der Waals surface area (Å²) in [4.78, 5) is 5.15. The van der Waals surface area contributed by atoms with Gasteiger partial charge in [0.25, 0.3) is 0 Å². The molecule has 1 aliphatic carbocycles. The molecule has 0 bridgehead atoms. The maximum absolute atomic E-state index is 5.15. The maximum atomic E-state index is 5.15. The first-order valence-corrected chi connectivity index (χ1v) is 18.1. The number of nitrogens with one attached hydrogen (secondary N) is 1. The van der Waals surface area contributed by atoms with Gasteiger partial charge in [-0.25, -0.2) is 4.99 Å². The molecule has 6 aromatic carbocycles. The third-order valence-corrected chi connectivity index (χ3v) is 11.4. The fourth-order valence-corrected chi connectivity index (χ4v) is 9.04. The van der Waals surface area contributed by atoms with Gasteiger partial charge in [0.15, 0.2) is 0 Å². The topological polar surface area (TPSA) is 29.3 Å². The van der Waals surface area contributed by atoms with Crippen LogP contribution in [0.4, 0.5) is 0 Å². The van der Waals surface area contributed by atoms with Crippen LogP contribution >= 0.6 is 11.3 Å². The fraction of sp³-hybridized carbons (Fsp3) is 0.0652. The molecule has 238 valence electrons. The zero-order chi connectivity index (χ0) is 33.0. The Morgan fingerprint density at radius 2 is 1.34 bits per heavy atom. The van der Waals surface area contributed by atoms with E-state index >= 15 is 0 Å². The van der Waals surface area contributed by atoms with Crippen LogP contribution in [0.15, 0.2) is 163 Å². The van der Waals surface area contributed by atoms with E-state index in [1.54, 1.807) is 0 Å². The quantitative estimate of drug-likeness (QED) is 0.196. The average molecular weight is 660 g/mol. The lowest BCUT2D eigenvalue weighted by atomic mass is 9.90. The van der Waals surface area contributed by atoms with Crippen molar-refractivity contribution in [3.63, 3.8) is 0 Å². The van der Waals surface area contributed by atoms with Crippen LogP contribution in [-0.4, -0.2) is 10.4 Å². The molecule has 0 radical (unpaired) electrons. The highest BCUT2D eigenvalue weighted by Crippen LogP contribution is 2.43. The molecule has 1 aliphatic heterocycles. The summed E-state index contributed by atoms with van der Waals surface area (Å²) in [6, 6.07) is 54.5. The predicted octanol–water partition coefficient (Wildman–Crippen LogP) is 11.6. The first-order valence-electron chi connectivity index (χ1n) is 17.3. The lowest BCUT2D eigenvalue weighted by molar-refractivity contribution is 0.781. The van der Waals surface area contributed by atoms with Gasteiger partial charge in [-0.2, -0.15) is 0 Å². The van der Waals surface area contributed by atoms with Gasteiger partial charge in [0, 0.05) is 36.8 Å². The van der Waals surface area contributed by atoms with Gasteiger partial charge < -0.3 is 9.88 Å². The van der Waals surface area contributed by atoms with Gasteiger partial charge in [-0.05, 0) is 89.2 Å². The number of rotatable bonds is 5. The Hall–Kier alpha value is -5.97. The van der Waals surface area contributed by atoms with Gasteiger partial charge in [-0.1, -0.05) is 115 Å². The molecule has 0 spiro atoms. The molecule has 50 heavy (non-hydrogen) atoms. The van der Waals surface area contributed by atoms with E-state index in [1.165, 1.54) is 59.0 Å². The van der Waals surface area contributed by atoms with E-state index in [0.29, 0.717) is 0 Å². The molecule has 2 aromatic heterocycles. The molecule has 1 N–H and O–H groups in total. The van der Waals surface area contributed by atoms with Gasteiger partial charge in [0.05, 0.1) is 22.9 Å². The fourth-order valence-electron chi connectivity index (χ4n) is 7.79. The van der Waals surface area contributed by atoms with Crippen LogP contribution < -0.4 is 5.32 Å². The molecule has 0 saturated heterocycles. The van der Waals surface area contributed by atoms with Crippen LogP contribution in [0.3, 0.4) is 0 Å². The number of benzene rings is 6. The number of hydrogen-bond donors (Lipinski definition) is 1. The van der Waals surface area contributed by atoms with Crippen LogP contribution in [0.5, 0.6) is 0 Å². The Kier molecular flexibility index (Phi) is 6.88. The molecule has 0 saturated carbocycles. The van der Waals surface area contributed by atoms with Gasteiger partial charge in [0.2, 0.25) is 0 Å². The summed E-state index contributed by atoms with van der Waals surface area (Å²) in [5.74, 6) is 0.879.